The van der Waals surface area contributed by atoms with Crippen LogP contribution in [0.15, 0.2) is 33.1 Å². The number of amides is 1. The molecule has 0 spiro atoms. The molecule has 0 radical (unpaired) electrons. The van der Waals surface area contributed by atoms with Crippen molar-refractivity contribution in [2.24, 2.45) is 10.2 Å². The molecule has 2 aliphatic heterocycles. The van der Waals surface area contributed by atoms with Crippen LogP contribution in [0.25, 0.3) is 0 Å². The van der Waals surface area contributed by atoms with Gasteiger partial charge >= 0.3 is 0 Å². The van der Waals surface area contributed by atoms with Crippen LogP contribution >= 0.6 is 0 Å². The molecular formula is C11H12N4O. The fraction of sp³-hybridized carbons (Fsp3) is 0.364. The van der Waals surface area contributed by atoms with Gasteiger partial charge in [-0.15, -0.1) is 0 Å². The average molecular weight is 216 g/mol. The predicted octanol–water partition coefficient (Wildman–Crippen LogP) is 0.768. The fourth-order valence-corrected chi connectivity index (χ4v) is 2.28. The standard InChI is InChI=1S/C11H12N4O/c1-7(16)15-6-9-3-2-8-4-12-14-10(5-13-15)11(8)9/h4-5,12H,2-3,6H2,1H3. The maximum atomic E-state index is 11.4. The van der Waals surface area contributed by atoms with Crippen molar-refractivity contribution in [3.05, 3.63) is 22.9 Å². The van der Waals surface area contributed by atoms with Crippen LogP contribution in [0.4, 0.5) is 0 Å². The fourth-order valence-electron chi connectivity index (χ4n) is 2.28. The van der Waals surface area contributed by atoms with Crippen molar-refractivity contribution < 1.29 is 4.79 Å². The number of rotatable bonds is 0. The number of hydrazone groups is 2. The molecule has 0 aromatic rings. The molecule has 5 heteroatoms. The number of carbonyl (C=O) groups excluding carboxylic acids is 1. The minimum atomic E-state index is -0.0333. The lowest BCUT2D eigenvalue weighted by atomic mass is 10.0. The van der Waals surface area contributed by atoms with Crippen molar-refractivity contribution in [1.29, 1.82) is 0 Å². The molecule has 0 aromatic carbocycles. The third-order valence-electron chi connectivity index (χ3n) is 3.07. The van der Waals surface area contributed by atoms with E-state index in [-0.39, 0.29) is 5.91 Å². The first kappa shape index (κ1) is 9.33. The highest BCUT2D eigenvalue weighted by atomic mass is 16.2. The van der Waals surface area contributed by atoms with Crippen LogP contribution in [0.3, 0.4) is 0 Å². The van der Waals surface area contributed by atoms with Crippen LogP contribution in [0.5, 0.6) is 0 Å². The van der Waals surface area contributed by atoms with E-state index in [2.05, 4.69) is 15.6 Å². The Kier molecular flexibility index (Phi) is 1.92. The van der Waals surface area contributed by atoms with E-state index in [1.807, 2.05) is 6.20 Å². The second-order valence-electron chi connectivity index (χ2n) is 4.10. The lowest BCUT2D eigenvalue weighted by Crippen LogP contribution is -2.24. The quantitative estimate of drug-likeness (QED) is 0.650. The highest BCUT2D eigenvalue weighted by molar-refractivity contribution is 6.40. The first-order valence-corrected chi connectivity index (χ1v) is 5.33. The van der Waals surface area contributed by atoms with Crippen molar-refractivity contribution in [1.82, 2.24) is 10.4 Å². The minimum absolute atomic E-state index is 0.0333. The molecule has 0 saturated heterocycles. The van der Waals surface area contributed by atoms with Crippen molar-refractivity contribution in [3.8, 4) is 0 Å². The summed E-state index contributed by atoms with van der Waals surface area (Å²) in [6.45, 7) is 2.13. The Bertz CT molecular complexity index is 484. The van der Waals surface area contributed by atoms with Gasteiger partial charge in [0.25, 0.3) is 0 Å². The van der Waals surface area contributed by atoms with Gasteiger partial charge in [-0.1, -0.05) is 0 Å². The van der Waals surface area contributed by atoms with E-state index in [4.69, 9.17) is 0 Å². The number of nitrogens with zero attached hydrogens (tertiary/aromatic N) is 3. The maximum absolute atomic E-state index is 11.4. The summed E-state index contributed by atoms with van der Waals surface area (Å²) in [7, 11) is 0. The third-order valence-corrected chi connectivity index (χ3v) is 3.07. The van der Waals surface area contributed by atoms with Crippen molar-refractivity contribution in [2.75, 3.05) is 6.54 Å². The Labute approximate surface area is 93.2 Å². The predicted molar refractivity (Wildman–Crippen MR) is 60.8 cm³/mol. The van der Waals surface area contributed by atoms with Crippen LogP contribution in [-0.4, -0.2) is 29.4 Å². The molecule has 1 aliphatic carbocycles. The molecule has 2 heterocycles. The van der Waals surface area contributed by atoms with Crippen molar-refractivity contribution in [3.63, 3.8) is 0 Å². The molecule has 0 bridgehead atoms. The molecule has 3 aliphatic rings. The largest absolute Gasteiger partial charge is 0.285 e. The average Bonchev–Trinajstić information content (AvgIpc) is 2.56. The Hall–Kier alpha value is -1.91. The zero-order valence-corrected chi connectivity index (χ0v) is 9.03. The van der Waals surface area contributed by atoms with Gasteiger partial charge in [0.1, 0.15) is 5.71 Å². The molecule has 1 N–H and O–H groups in total. The molecule has 16 heavy (non-hydrogen) atoms. The lowest BCUT2D eigenvalue weighted by Gasteiger charge is -2.13. The third kappa shape index (κ3) is 1.28. The second kappa shape index (κ2) is 3.30. The number of hydrogen-bond acceptors (Lipinski definition) is 4. The summed E-state index contributed by atoms with van der Waals surface area (Å²) in [6.07, 6.45) is 5.61. The second-order valence-corrected chi connectivity index (χ2v) is 4.10. The highest BCUT2D eigenvalue weighted by Gasteiger charge is 2.29. The van der Waals surface area contributed by atoms with Gasteiger partial charge in [0, 0.05) is 18.7 Å². The van der Waals surface area contributed by atoms with Crippen molar-refractivity contribution in [2.45, 2.75) is 19.8 Å². The summed E-state index contributed by atoms with van der Waals surface area (Å²) >= 11 is 0. The summed E-state index contributed by atoms with van der Waals surface area (Å²) in [5.74, 6) is -0.0333. The Morgan fingerprint density at radius 3 is 3.19 bits per heavy atom. The Balaban J connectivity index is 2.07. The van der Waals surface area contributed by atoms with E-state index in [1.165, 1.54) is 28.7 Å². The molecule has 82 valence electrons. The molecule has 0 aromatic heterocycles. The van der Waals surface area contributed by atoms with Gasteiger partial charge in [-0.05, 0) is 24.0 Å². The molecular weight excluding hydrogens is 204 g/mol. The lowest BCUT2D eigenvalue weighted by molar-refractivity contribution is -0.128. The zero-order chi connectivity index (χ0) is 11.1. The normalized spacial score (nSPS) is 22.2. The summed E-state index contributed by atoms with van der Waals surface area (Å²) in [4.78, 5) is 11.4. The first-order chi connectivity index (χ1) is 7.75. The van der Waals surface area contributed by atoms with Gasteiger partial charge in [-0.2, -0.15) is 10.2 Å². The van der Waals surface area contributed by atoms with Gasteiger partial charge < -0.3 is 0 Å². The molecule has 3 rings (SSSR count). The number of allylic oxidation sites excluding steroid dienone is 2. The van der Waals surface area contributed by atoms with E-state index in [1.54, 1.807) is 6.21 Å². The molecule has 0 atom stereocenters. The van der Waals surface area contributed by atoms with Crippen molar-refractivity contribution >= 4 is 17.8 Å². The first-order valence-electron chi connectivity index (χ1n) is 5.33. The zero-order valence-electron chi connectivity index (χ0n) is 9.03. The van der Waals surface area contributed by atoms with E-state index < -0.39 is 0 Å². The molecule has 1 amide bonds. The Morgan fingerprint density at radius 1 is 1.50 bits per heavy atom. The highest BCUT2D eigenvalue weighted by Crippen LogP contribution is 2.34. The van der Waals surface area contributed by atoms with Crippen LogP contribution in [0.2, 0.25) is 0 Å². The van der Waals surface area contributed by atoms with Gasteiger partial charge in [0.15, 0.2) is 0 Å². The smallest absolute Gasteiger partial charge is 0.239 e. The van der Waals surface area contributed by atoms with Gasteiger partial charge in [-0.3, -0.25) is 10.2 Å². The summed E-state index contributed by atoms with van der Waals surface area (Å²) < 4.78 is 0. The van der Waals surface area contributed by atoms with E-state index >= 15 is 0 Å². The molecule has 0 fully saturated rings. The van der Waals surface area contributed by atoms with Crippen LogP contribution in [0, 0.1) is 0 Å². The summed E-state index contributed by atoms with van der Waals surface area (Å²) in [5, 5.41) is 9.83. The van der Waals surface area contributed by atoms with E-state index in [0.717, 1.165) is 18.6 Å². The van der Waals surface area contributed by atoms with Crippen LogP contribution in [0.1, 0.15) is 19.8 Å². The summed E-state index contributed by atoms with van der Waals surface area (Å²) in [5.41, 5.74) is 7.45. The summed E-state index contributed by atoms with van der Waals surface area (Å²) in [6, 6.07) is 0. The molecule has 5 nitrogen and oxygen atoms in total. The van der Waals surface area contributed by atoms with Crippen LogP contribution < -0.4 is 5.43 Å². The number of hydrogen-bond donors (Lipinski definition) is 1. The van der Waals surface area contributed by atoms with Crippen LogP contribution in [-0.2, 0) is 4.79 Å². The maximum Gasteiger partial charge on any atom is 0.239 e. The Morgan fingerprint density at radius 2 is 2.38 bits per heavy atom. The van der Waals surface area contributed by atoms with Gasteiger partial charge in [-0.25, -0.2) is 5.01 Å². The number of carbonyl (C=O) groups is 1. The monoisotopic (exact) mass is 216 g/mol. The topological polar surface area (TPSA) is 57.1 Å². The van der Waals surface area contributed by atoms with Gasteiger partial charge in [0.2, 0.25) is 5.91 Å². The SMILES string of the molecule is CC(=O)N1CC2=C3C(=CNN=C3C=N1)CC2. The minimum Gasteiger partial charge on any atom is -0.285 e. The molecule has 0 unspecified atom stereocenters. The van der Waals surface area contributed by atoms with E-state index in [9.17, 15) is 4.79 Å². The number of nitrogens with one attached hydrogen (secondary N) is 1. The molecule has 0 saturated carbocycles. The van der Waals surface area contributed by atoms with E-state index in [0.29, 0.717) is 6.54 Å². The van der Waals surface area contributed by atoms with Gasteiger partial charge in [0.05, 0.1) is 12.8 Å².